The molecule has 2 rings (SSSR count). The summed E-state index contributed by atoms with van der Waals surface area (Å²) in [5, 5.41) is 0. The monoisotopic (exact) mass is 638 g/mol. The minimum atomic E-state index is -3.87. The van der Waals surface area contributed by atoms with Crippen LogP contribution < -0.4 is 0 Å². The zero-order valence-electron chi connectivity index (χ0n) is 28.2. The van der Waals surface area contributed by atoms with E-state index in [1.54, 1.807) is 24.3 Å². The van der Waals surface area contributed by atoms with Gasteiger partial charge < -0.3 is 13.6 Å². The number of ether oxygens (including phenoxy) is 1. The lowest BCUT2D eigenvalue weighted by Gasteiger charge is -2.39. The van der Waals surface area contributed by atoms with Crippen LogP contribution in [0.1, 0.15) is 71.8 Å². The van der Waals surface area contributed by atoms with Crippen molar-refractivity contribution in [3.8, 4) is 0 Å². The van der Waals surface area contributed by atoms with Gasteiger partial charge in [0.2, 0.25) is 0 Å². The van der Waals surface area contributed by atoms with Gasteiger partial charge in [-0.3, -0.25) is 4.18 Å². The van der Waals surface area contributed by atoms with E-state index in [1.165, 1.54) is 5.57 Å². The lowest BCUT2D eigenvalue weighted by atomic mass is 9.87. The van der Waals surface area contributed by atoms with Crippen LogP contribution in [0.4, 0.5) is 0 Å². The van der Waals surface area contributed by atoms with Crippen LogP contribution in [0, 0.1) is 12.8 Å². The van der Waals surface area contributed by atoms with Crippen molar-refractivity contribution in [1.29, 1.82) is 0 Å². The molecule has 1 fully saturated rings. The van der Waals surface area contributed by atoms with Crippen molar-refractivity contribution >= 4 is 26.8 Å². The SMILES string of the molecule is CC(C)=CCC(OS(=O)(=O)c1ccc(C)cc1)C(C)CCC[C@]1(C)OCC(=CCO[Si](C)(C)C)CC[C@H]1O[Si](C)(C)C. The van der Waals surface area contributed by atoms with E-state index in [0.29, 0.717) is 19.6 Å². The van der Waals surface area contributed by atoms with Crippen molar-refractivity contribution in [3.63, 3.8) is 0 Å². The molecular formula is C33H58O6SSi2. The standard InChI is InChI=1S/C33H58O6SSi2/c1-26(2)14-20-31(38-40(34,35)30-18-15-27(3)16-19-30)28(4)13-12-23-33(5)32(39-42(9,10)11)21-17-29(25-36-33)22-24-37-41(6,7)8/h14-16,18-19,22,28,31-32H,12-13,17,20-21,23-25H2,1-11H3/t28?,31?,32-,33+/m1/s1. The highest BCUT2D eigenvalue weighted by molar-refractivity contribution is 7.86. The average molecular weight is 639 g/mol. The number of aryl methyl sites for hydroxylation is 1. The van der Waals surface area contributed by atoms with Gasteiger partial charge in [0.1, 0.15) is 0 Å². The van der Waals surface area contributed by atoms with Gasteiger partial charge in [-0.1, -0.05) is 48.8 Å². The highest BCUT2D eigenvalue weighted by atomic mass is 32.2. The second-order valence-corrected chi connectivity index (χ2v) is 25.0. The summed E-state index contributed by atoms with van der Waals surface area (Å²) in [6.45, 7) is 24.8. The van der Waals surface area contributed by atoms with Crippen molar-refractivity contribution in [1.82, 2.24) is 0 Å². The zero-order chi connectivity index (χ0) is 31.8. The molecule has 0 bridgehead atoms. The highest BCUT2D eigenvalue weighted by Gasteiger charge is 2.40. The number of hydrogen-bond donors (Lipinski definition) is 0. The second-order valence-electron chi connectivity index (χ2n) is 14.4. The quantitative estimate of drug-likeness (QED) is 0.109. The molecule has 0 radical (unpaired) electrons. The molecule has 1 saturated heterocycles. The molecule has 1 aromatic carbocycles. The van der Waals surface area contributed by atoms with Crippen molar-refractivity contribution < 1.29 is 26.2 Å². The molecule has 0 spiro atoms. The number of allylic oxidation sites excluding steroid dienone is 1. The van der Waals surface area contributed by atoms with Gasteiger partial charge in [0.15, 0.2) is 16.6 Å². The Kier molecular flexibility index (Phi) is 13.9. The Morgan fingerprint density at radius 3 is 2.31 bits per heavy atom. The van der Waals surface area contributed by atoms with Gasteiger partial charge in [-0.2, -0.15) is 8.42 Å². The number of benzene rings is 1. The molecule has 2 unspecified atom stereocenters. The lowest BCUT2D eigenvalue weighted by Crippen LogP contribution is -2.47. The van der Waals surface area contributed by atoms with E-state index in [1.807, 2.05) is 20.8 Å². The Morgan fingerprint density at radius 1 is 1.10 bits per heavy atom. The first-order chi connectivity index (χ1) is 19.3. The minimum absolute atomic E-state index is 0.0166. The predicted octanol–water partition coefficient (Wildman–Crippen LogP) is 8.80. The van der Waals surface area contributed by atoms with Crippen LogP contribution in [0.3, 0.4) is 0 Å². The van der Waals surface area contributed by atoms with E-state index in [2.05, 4.69) is 65.3 Å². The molecule has 1 aliphatic rings. The Balaban J connectivity index is 2.14. The Bertz CT molecular complexity index is 1140. The zero-order valence-corrected chi connectivity index (χ0v) is 31.0. The summed E-state index contributed by atoms with van der Waals surface area (Å²) >= 11 is 0. The third-order valence-corrected chi connectivity index (χ3v) is 11.0. The maximum Gasteiger partial charge on any atom is 0.297 e. The van der Waals surface area contributed by atoms with E-state index < -0.39 is 38.5 Å². The highest BCUT2D eigenvalue weighted by Crippen LogP contribution is 2.36. The molecule has 1 heterocycles. The van der Waals surface area contributed by atoms with Crippen LogP contribution >= 0.6 is 0 Å². The van der Waals surface area contributed by atoms with Gasteiger partial charge in [0.25, 0.3) is 10.1 Å². The predicted molar refractivity (Wildman–Crippen MR) is 179 cm³/mol. The van der Waals surface area contributed by atoms with Gasteiger partial charge in [-0.25, -0.2) is 0 Å². The average Bonchev–Trinajstić information content (AvgIpc) is 2.99. The largest absolute Gasteiger partial charge is 0.414 e. The molecule has 4 atom stereocenters. The minimum Gasteiger partial charge on any atom is -0.414 e. The first-order valence-corrected chi connectivity index (χ1v) is 23.8. The molecule has 6 nitrogen and oxygen atoms in total. The summed E-state index contributed by atoms with van der Waals surface area (Å²) in [5.74, 6) is 0.0423. The van der Waals surface area contributed by atoms with E-state index in [9.17, 15) is 8.42 Å². The first-order valence-electron chi connectivity index (χ1n) is 15.6. The summed E-state index contributed by atoms with van der Waals surface area (Å²) in [6.07, 6.45) is 8.84. The van der Waals surface area contributed by atoms with Gasteiger partial charge in [0.05, 0.1) is 35.9 Å². The normalized spacial score (nSPS) is 22.9. The molecule has 240 valence electrons. The third kappa shape index (κ3) is 13.3. The molecule has 42 heavy (non-hydrogen) atoms. The van der Waals surface area contributed by atoms with E-state index in [0.717, 1.165) is 43.2 Å². The van der Waals surface area contributed by atoms with Gasteiger partial charge >= 0.3 is 0 Å². The molecular weight excluding hydrogens is 581 g/mol. The van der Waals surface area contributed by atoms with Crippen molar-refractivity contribution in [2.45, 2.75) is 135 Å². The smallest absolute Gasteiger partial charge is 0.297 e. The molecule has 0 saturated carbocycles. The maximum atomic E-state index is 13.2. The summed E-state index contributed by atoms with van der Waals surface area (Å²) in [4.78, 5) is 0.201. The van der Waals surface area contributed by atoms with E-state index >= 15 is 0 Å². The molecule has 1 aromatic rings. The molecule has 9 heteroatoms. The van der Waals surface area contributed by atoms with E-state index in [-0.39, 0.29) is 16.9 Å². The summed E-state index contributed by atoms with van der Waals surface area (Å²) < 4.78 is 51.7. The van der Waals surface area contributed by atoms with Gasteiger partial charge in [0, 0.05) is 0 Å². The van der Waals surface area contributed by atoms with Crippen LogP contribution in [-0.2, 0) is 27.9 Å². The third-order valence-electron chi connectivity index (χ3n) is 7.67. The molecule has 0 aromatic heterocycles. The summed E-state index contributed by atoms with van der Waals surface area (Å²) in [5.41, 5.74) is 3.02. The van der Waals surface area contributed by atoms with Gasteiger partial charge in [-0.05, 0) is 123 Å². The fraction of sp³-hybridized carbons (Fsp3) is 0.697. The topological polar surface area (TPSA) is 71.1 Å². The van der Waals surface area contributed by atoms with Crippen molar-refractivity contribution in [3.05, 3.63) is 53.1 Å². The number of rotatable bonds is 15. The van der Waals surface area contributed by atoms with Crippen LogP contribution in [0.15, 0.2) is 52.5 Å². The molecule has 0 amide bonds. The molecule has 0 N–H and O–H groups in total. The fourth-order valence-electron chi connectivity index (χ4n) is 5.06. The van der Waals surface area contributed by atoms with Crippen LogP contribution in [0.25, 0.3) is 0 Å². The Labute approximate surface area is 259 Å². The van der Waals surface area contributed by atoms with Crippen LogP contribution in [0.5, 0.6) is 0 Å². The first kappa shape index (κ1) is 37.1. The summed E-state index contributed by atoms with van der Waals surface area (Å²) in [7, 11) is -7.24. The molecule has 1 aliphatic heterocycles. The van der Waals surface area contributed by atoms with Crippen molar-refractivity contribution in [2.75, 3.05) is 13.2 Å². The fourth-order valence-corrected chi connectivity index (χ4v) is 8.04. The van der Waals surface area contributed by atoms with Crippen LogP contribution in [-0.4, -0.2) is 56.1 Å². The van der Waals surface area contributed by atoms with Gasteiger partial charge in [-0.15, -0.1) is 0 Å². The Morgan fingerprint density at radius 2 is 1.74 bits per heavy atom. The lowest BCUT2D eigenvalue weighted by molar-refractivity contribution is -0.0978. The van der Waals surface area contributed by atoms with Crippen LogP contribution in [0.2, 0.25) is 39.3 Å². The van der Waals surface area contributed by atoms with E-state index in [4.69, 9.17) is 17.8 Å². The second kappa shape index (κ2) is 15.8. The maximum absolute atomic E-state index is 13.2. The molecule has 0 aliphatic carbocycles. The Hall–Kier alpha value is -1.08. The summed E-state index contributed by atoms with van der Waals surface area (Å²) in [6, 6.07) is 6.85. The number of hydrogen-bond acceptors (Lipinski definition) is 6. The van der Waals surface area contributed by atoms with Crippen molar-refractivity contribution in [2.24, 2.45) is 5.92 Å².